The third-order valence-corrected chi connectivity index (χ3v) is 6.30. The summed E-state index contributed by atoms with van der Waals surface area (Å²) in [5.41, 5.74) is 4.86. The fourth-order valence-electron chi connectivity index (χ4n) is 3.58. The van der Waals surface area contributed by atoms with Gasteiger partial charge in [-0.2, -0.15) is 0 Å². The van der Waals surface area contributed by atoms with E-state index in [4.69, 9.17) is 46.4 Å². The molecule has 4 atom stereocenters. The number of fused-ring (bicyclic) bond motifs is 1. The zero-order valence-electron chi connectivity index (χ0n) is 10.3. The highest BCUT2D eigenvalue weighted by Crippen LogP contribution is 2.57. The minimum absolute atomic E-state index is 0.0881. The van der Waals surface area contributed by atoms with Crippen LogP contribution >= 0.6 is 46.4 Å². The highest BCUT2D eigenvalue weighted by atomic mass is 35.5. The lowest BCUT2D eigenvalue weighted by Crippen LogP contribution is -2.41. The van der Waals surface area contributed by atoms with Crippen molar-refractivity contribution in [2.24, 2.45) is 0 Å². The molecule has 0 saturated carbocycles. The van der Waals surface area contributed by atoms with E-state index in [9.17, 15) is 0 Å². The van der Waals surface area contributed by atoms with Gasteiger partial charge in [-0.3, -0.25) is 0 Å². The van der Waals surface area contributed by atoms with Gasteiger partial charge in [-0.25, -0.2) is 0 Å². The Hall–Kier alpha value is -0.400. The maximum atomic E-state index is 6.60. The average Bonchev–Trinajstić information content (AvgIpc) is 2.44. The Kier molecular flexibility index (Phi) is 3.02. The van der Waals surface area contributed by atoms with Crippen LogP contribution in [0.15, 0.2) is 36.4 Å². The van der Waals surface area contributed by atoms with Crippen molar-refractivity contribution < 1.29 is 0 Å². The van der Waals surface area contributed by atoms with E-state index < -0.39 is 0 Å². The molecule has 4 unspecified atom stereocenters. The summed E-state index contributed by atoms with van der Waals surface area (Å²) in [5, 5.41) is 0.901. The van der Waals surface area contributed by atoms with Gasteiger partial charge in [0.2, 0.25) is 0 Å². The molecule has 0 spiro atoms. The monoisotopic (exact) mass is 342 g/mol. The van der Waals surface area contributed by atoms with Crippen LogP contribution in [0, 0.1) is 0 Å². The largest absolute Gasteiger partial charge is 0.120 e. The smallest absolute Gasteiger partial charge is 0.0618 e. The van der Waals surface area contributed by atoms with E-state index in [0.29, 0.717) is 10.0 Å². The van der Waals surface area contributed by atoms with Crippen LogP contribution < -0.4 is 0 Å². The molecule has 20 heavy (non-hydrogen) atoms. The predicted octanol–water partition coefficient (Wildman–Crippen LogP) is 5.80. The second-order valence-electron chi connectivity index (χ2n) is 5.37. The summed E-state index contributed by atoms with van der Waals surface area (Å²) in [4.78, 5) is 0. The number of benzene rings is 2. The molecule has 0 heterocycles. The molecule has 5 rings (SSSR count). The van der Waals surface area contributed by atoms with Gasteiger partial charge in [-0.1, -0.05) is 47.5 Å². The molecule has 2 aromatic carbocycles. The molecule has 0 nitrogen and oxygen atoms in total. The van der Waals surface area contributed by atoms with Crippen molar-refractivity contribution in [3.8, 4) is 0 Å². The predicted molar refractivity (Wildman–Crippen MR) is 85.9 cm³/mol. The van der Waals surface area contributed by atoms with Gasteiger partial charge in [-0.05, 0) is 34.4 Å². The topological polar surface area (TPSA) is 0 Å². The molecule has 4 heteroatoms. The maximum Gasteiger partial charge on any atom is 0.0618 e. The number of hydrogen-bond acceptors (Lipinski definition) is 0. The van der Waals surface area contributed by atoms with Crippen LogP contribution in [0.3, 0.4) is 0 Å². The van der Waals surface area contributed by atoms with Crippen LogP contribution in [0.1, 0.15) is 34.1 Å². The Morgan fingerprint density at radius 1 is 0.650 bits per heavy atom. The summed E-state index contributed by atoms with van der Waals surface area (Å²) in [5.74, 6) is 0.176. The third-order valence-electron chi connectivity index (χ3n) is 4.40. The summed E-state index contributed by atoms with van der Waals surface area (Å²) in [6, 6.07) is 12.3. The van der Waals surface area contributed by atoms with Crippen molar-refractivity contribution >= 4 is 46.4 Å². The van der Waals surface area contributed by atoms with Gasteiger partial charge in [-0.15, -0.1) is 23.2 Å². The van der Waals surface area contributed by atoms with Gasteiger partial charge < -0.3 is 0 Å². The summed E-state index contributed by atoms with van der Waals surface area (Å²) < 4.78 is 0. The molecule has 2 aromatic rings. The van der Waals surface area contributed by atoms with Crippen molar-refractivity contribution in [3.63, 3.8) is 0 Å². The van der Waals surface area contributed by atoms with Crippen LogP contribution in [0.4, 0.5) is 0 Å². The molecular formula is C16H10Cl4. The molecule has 0 radical (unpaired) electrons. The van der Waals surface area contributed by atoms with Crippen LogP contribution in [-0.4, -0.2) is 10.8 Å². The van der Waals surface area contributed by atoms with Crippen LogP contribution in [0.2, 0.25) is 10.0 Å². The van der Waals surface area contributed by atoms with E-state index in [1.807, 2.05) is 24.3 Å². The Labute approximate surface area is 137 Å². The lowest BCUT2D eigenvalue weighted by atomic mass is 9.63. The molecule has 3 aliphatic carbocycles. The number of halogens is 4. The quantitative estimate of drug-likeness (QED) is 0.530. The van der Waals surface area contributed by atoms with Crippen molar-refractivity contribution in [2.75, 3.05) is 0 Å². The molecule has 102 valence electrons. The van der Waals surface area contributed by atoms with Crippen LogP contribution in [-0.2, 0) is 0 Å². The Balaban J connectivity index is 2.05. The standard InChI is InChI=1S/C16H10Cl4/c17-11-5-9-10(6-12(11)18)14-8-4-2-1-3-7(8)13(9)15(19)16(14)20/h1-6,13-16H. The highest BCUT2D eigenvalue weighted by molar-refractivity contribution is 6.42. The molecule has 3 aliphatic rings. The molecule has 2 bridgehead atoms. The Morgan fingerprint density at radius 3 is 1.45 bits per heavy atom. The van der Waals surface area contributed by atoms with Crippen LogP contribution in [0.5, 0.6) is 0 Å². The van der Waals surface area contributed by atoms with E-state index in [-0.39, 0.29) is 22.6 Å². The maximum absolute atomic E-state index is 6.60. The van der Waals surface area contributed by atoms with E-state index in [1.54, 1.807) is 0 Å². The van der Waals surface area contributed by atoms with Gasteiger partial charge in [0.05, 0.1) is 20.8 Å². The minimum Gasteiger partial charge on any atom is -0.120 e. The second kappa shape index (κ2) is 4.55. The van der Waals surface area contributed by atoms with Crippen molar-refractivity contribution in [3.05, 3.63) is 68.7 Å². The Bertz CT molecular complexity index is 650. The highest BCUT2D eigenvalue weighted by Gasteiger charge is 2.48. The first-order valence-electron chi connectivity index (χ1n) is 6.45. The van der Waals surface area contributed by atoms with E-state index in [0.717, 1.165) is 0 Å². The second-order valence-corrected chi connectivity index (χ2v) is 7.19. The summed E-state index contributed by atoms with van der Waals surface area (Å²) >= 11 is 25.6. The SMILES string of the molecule is Clc1cc2c(cc1Cl)C1c3ccccc3C2C(Cl)C1Cl. The Morgan fingerprint density at radius 2 is 1.05 bits per heavy atom. The molecule has 0 aliphatic heterocycles. The zero-order valence-corrected chi connectivity index (χ0v) is 13.3. The van der Waals surface area contributed by atoms with Gasteiger partial charge in [0.25, 0.3) is 0 Å². The number of rotatable bonds is 0. The van der Waals surface area contributed by atoms with Crippen molar-refractivity contribution in [1.29, 1.82) is 0 Å². The summed E-state index contributed by atoms with van der Waals surface area (Å²) in [7, 11) is 0. The number of alkyl halides is 2. The van der Waals surface area contributed by atoms with E-state index in [2.05, 4.69) is 12.1 Å². The zero-order chi connectivity index (χ0) is 14.0. The fourth-order valence-corrected chi connectivity index (χ4v) is 4.76. The fraction of sp³-hybridized carbons (Fsp3) is 0.250. The third kappa shape index (κ3) is 1.63. The van der Waals surface area contributed by atoms with Gasteiger partial charge in [0.15, 0.2) is 0 Å². The first-order chi connectivity index (χ1) is 9.59. The van der Waals surface area contributed by atoms with Gasteiger partial charge in [0, 0.05) is 11.8 Å². The van der Waals surface area contributed by atoms with Gasteiger partial charge >= 0.3 is 0 Å². The normalized spacial score (nSPS) is 30.0. The summed E-state index contributed by atoms with van der Waals surface area (Å²) in [6.45, 7) is 0. The molecule has 0 aromatic heterocycles. The minimum atomic E-state index is -0.124. The average molecular weight is 344 g/mol. The molecule has 0 saturated heterocycles. The van der Waals surface area contributed by atoms with Gasteiger partial charge in [0.1, 0.15) is 0 Å². The lowest BCUT2D eigenvalue weighted by molar-refractivity contribution is 0.535. The van der Waals surface area contributed by atoms with Crippen molar-refractivity contribution in [2.45, 2.75) is 22.6 Å². The van der Waals surface area contributed by atoms with Crippen molar-refractivity contribution in [1.82, 2.24) is 0 Å². The first kappa shape index (κ1) is 13.3. The lowest BCUT2D eigenvalue weighted by Gasteiger charge is -2.46. The molecule has 0 N–H and O–H groups in total. The van der Waals surface area contributed by atoms with Crippen LogP contribution in [0.25, 0.3) is 0 Å². The molecule has 0 fully saturated rings. The first-order valence-corrected chi connectivity index (χ1v) is 8.08. The summed E-state index contributed by atoms with van der Waals surface area (Å²) in [6.07, 6.45) is 0. The van der Waals surface area contributed by atoms with E-state index in [1.165, 1.54) is 22.3 Å². The number of hydrogen-bond donors (Lipinski definition) is 0. The van der Waals surface area contributed by atoms with E-state index >= 15 is 0 Å². The molecular weight excluding hydrogens is 334 g/mol. The molecule has 0 amide bonds.